The number of unbranched alkanes of at least 4 members (excludes halogenated alkanes) is 1. The summed E-state index contributed by atoms with van der Waals surface area (Å²) in [6.45, 7) is 2.21. The number of hydrogen-bond donors (Lipinski definition) is 0. The van der Waals surface area contributed by atoms with Gasteiger partial charge in [0.1, 0.15) is 0 Å². The minimum Gasteiger partial charge on any atom is -0.469 e. The Hall–Kier alpha value is -0.570. The molecule has 16 heavy (non-hydrogen) atoms. The maximum absolute atomic E-state index is 11.3. The number of hydrogen-bond acceptors (Lipinski definition) is 3. The third-order valence-electron chi connectivity index (χ3n) is 4.05. The number of esters is 1. The first-order valence-electron chi connectivity index (χ1n) is 6.46. The molecule has 1 saturated heterocycles. The number of fused-ring (bicyclic) bond motifs is 2. The first kappa shape index (κ1) is 11.9. The van der Waals surface area contributed by atoms with E-state index in [2.05, 4.69) is 6.92 Å². The molecule has 2 rings (SSSR count). The summed E-state index contributed by atoms with van der Waals surface area (Å²) >= 11 is 0. The summed E-state index contributed by atoms with van der Waals surface area (Å²) in [4.78, 5) is 11.3. The van der Waals surface area contributed by atoms with E-state index in [1.54, 1.807) is 0 Å². The molecular weight excluding hydrogens is 204 g/mol. The van der Waals surface area contributed by atoms with Gasteiger partial charge >= 0.3 is 5.97 Å². The predicted octanol–water partition coefficient (Wildman–Crippen LogP) is 2.53. The van der Waals surface area contributed by atoms with Crippen LogP contribution in [-0.4, -0.2) is 25.3 Å². The van der Waals surface area contributed by atoms with Gasteiger partial charge in [0.05, 0.1) is 19.3 Å². The molecule has 1 heterocycles. The molecule has 1 aliphatic carbocycles. The minimum absolute atomic E-state index is 0.0632. The fourth-order valence-electron chi connectivity index (χ4n) is 3.24. The zero-order valence-electron chi connectivity index (χ0n) is 10.3. The monoisotopic (exact) mass is 226 g/mol. The van der Waals surface area contributed by atoms with E-state index in [1.807, 2.05) is 0 Å². The maximum atomic E-state index is 11.3. The average Bonchev–Trinajstić information content (AvgIpc) is 2.85. The lowest BCUT2D eigenvalue weighted by Gasteiger charge is -2.28. The minimum atomic E-state index is -0.0632. The average molecular weight is 226 g/mol. The lowest BCUT2D eigenvalue weighted by atomic mass is 9.86. The number of carbonyl (C=O) groups excluding carboxylic acids is 1. The molecule has 3 heteroatoms. The normalized spacial score (nSPS) is 36.6. The van der Waals surface area contributed by atoms with Gasteiger partial charge in [-0.3, -0.25) is 4.79 Å². The van der Waals surface area contributed by atoms with E-state index in [0.29, 0.717) is 30.5 Å². The second-order valence-electron chi connectivity index (χ2n) is 5.11. The van der Waals surface area contributed by atoms with Crippen LogP contribution in [-0.2, 0) is 14.3 Å². The molecule has 2 aliphatic rings. The molecule has 1 aliphatic heterocycles. The zero-order valence-corrected chi connectivity index (χ0v) is 10.3. The van der Waals surface area contributed by atoms with Crippen LogP contribution in [0.25, 0.3) is 0 Å². The standard InChI is InChI=1S/C13H22O3/c1-3-4-5-12-11-8-10(16-12)6-9(11)7-13(14)15-2/h9-12H,3-8H2,1-2H3/t9-,10-,11-,12-/m0/s1. The Bertz CT molecular complexity index is 252. The Balaban J connectivity index is 1.86. The van der Waals surface area contributed by atoms with Gasteiger partial charge in [-0.15, -0.1) is 0 Å². The number of methoxy groups -OCH3 is 1. The number of carbonyl (C=O) groups is 1. The summed E-state index contributed by atoms with van der Waals surface area (Å²) in [5.74, 6) is 1.05. The van der Waals surface area contributed by atoms with Crippen LogP contribution >= 0.6 is 0 Å². The van der Waals surface area contributed by atoms with Crippen LogP contribution in [0.4, 0.5) is 0 Å². The van der Waals surface area contributed by atoms with Gasteiger partial charge in [0.2, 0.25) is 0 Å². The third-order valence-corrected chi connectivity index (χ3v) is 4.05. The lowest BCUT2D eigenvalue weighted by Crippen LogP contribution is -2.29. The summed E-state index contributed by atoms with van der Waals surface area (Å²) in [7, 11) is 1.47. The van der Waals surface area contributed by atoms with Gasteiger partial charge in [-0.05, 0) is 31.1 Å². The highest BCUT2D eigenvalue weighted by Crippen LogP contribution is 2.47. The molecule has 0 spiro atoms. The van der Waals surface area contributed by atoms with Crippen molar-refractivity contribution in [3.05, 3.63) is 0 Å². The van der Waals surface area contributed by atoms with Crippen LogP contribution in [0.15, 0.2) is 0 Å². The Kier molecular flexibility index (Phi) is 3.85. The van der Waals surface area contributed by atoms with Crippen LogP contribution in [0.3, 0.4) is 0 Å². The van der Waals surface area contributed by atoms with Gasteiger partial charge in [0.15, 0.2) is 0 Å². The molecule has 92 valence electrons. The van der Waals surface area contributed by atoms with E-state index in [-0.39, 0.29) is 5.97 Å². The Labute approximate surface area is 97.5 Å². The third kappa shape index (κ3) is 2.40. The molecule has 0 aromatic heterocycles. The summed E-state index contributed by atoms with van der Waals surface area (Å²) in [5.41, 5.74) is 0. The Morgan fingerprint density at radius 3 is 2.88 bits per heavy atom. The summed E-state index contributed by atoms with van der Waals surface area (Å²) in [5, 5.41) is 0. The van der Waals surface area contributed by atoms with Crippen molar-refractivity contribution in [2.24, 2.45) is 11.8 Å². The topological polar surface area (TPSA) is 35.5 Å². The number of ether oxygens (including phenoxy) is 2. The molecule has 3 nitrogen and oxygen atoms in total. The fraction of sp³-hybridized carbons (Fsp3) is 0.923. The van der Waals surface area contributed by atoms with Crippen LogP contribution in [0.5, 0.6) is 0 Å². The van der Waals surface area contributed by atoms with Crippen LogP contribution in [0.1, 0.15) is 45.4 Å². The largest absolute Gasteiger partial charge is 0.469 e. The second kappa shape index (κ2) is 5.17. The SMILES string of the molecule is CCCC[C@@H]1O[C@H]2C[C@@H](CC(=O)OC)[C@@H]1C2. The van der Waals surface area contributed by atoms with Crippen molar-refractivity contribution in [3.63, 3.8) is 0 Å². The van der Waals surface area contributed by atoms with E-state index in [1.165, 1.54) is 20.0 Å². The molecule has 0 aromatic rings. The molecule has 1 saturated carbocycles. The van der Waals surface area contributed by atoms with Crippen molar-refractivity contribution in [2.75, 3.05) is 7.11 Å². The molecule has 0 N–H and O–H groups in total. The lowest BCUT2D eigenvalue weighted by molar-refractivity contribution is -0.143. The van der Waals surface area contributed by atoms with Crippen LogP contribution in [0.2, 0.25) is 0 Å². The molecule has 0 amide bonds. The molecule has 0 aromatic carbocycles. The highest BCUT2D eigenvalue weighted by atomic mass is 16.5. The summed E-state index contributed by atoms with van der Waals surface area (Å²) in [6.07, 6.45) is 7.25. The summed E-state index contributed by atoms with van der Waals surface area (Å²) < 4.78 is 10.7. The van der Waals surface area contributed by atoms with Crippen molar-refractivity contribution in [1.29, 1.82) is 0 Å². The maximum Gasteiger partial charge on any atom is 0.305 e. The van der Waals surface area contributed by atoms with Crippen LogP contribution < -0.4 is 0 Å². The second-order valence-corrected chi connectivity index (χ2v) is 5.11. The molecule has 4 atom stereocenters. The fourth-order valence-corrected chi connectivity index (χ4v) is 3.24. The van der Waals surface area contributed by atoms with E-state index in [4.69, 9.17) is 9.47 Å². The first-order valence-corrected chi connectivity index (χ1v) is 6.46. The van der Waals surface area contributed by atoms with Gasteiger partial charge in [-0.2, -0.15) is 0 Å². The van der Waals surface area contributed by atoms with Crippen molar-refractivity contribution in [1.82, 2.24) is 0 Å². The predicted molar refractivity (Wildman–Crippen MR) is 61.0 cm³/mol. The van der Waals surface area contributed by atoms with Gasteiger partial charge in [0.25, 0.3) is 0 Å². The molecule has 2 bridgehead atoms. The quantitative estimate of drug-likeness (QED) is 0.676. The number of rotatable bonds is 5. The van der Waals surface area contributed by atoms with Crippen LogP contribution in [0, 0.1) is 11.8 Å². The Morgan fingerprint density at radius 1 is 1.44 bits per heavy atom. The van der Waals surface area contributed by atoms with Crippen molar-refractivity contribution in [2.45, 2.75) is 57.7 Å². The first-order chi connectivity index (χ1) is 7.74. The van der Waals surface area contributed by atoms with Gasteiger partial charge in [0, 0.05) is 6.42 Å². The molecule has 0 radical (unpaired) electrons. The molecule has 0 unspecified atom stereocenters. The molecule has 2 fully saturated rings. The van der Waals surface area contributed by atoms with Gasteiger partial charge in [-0.25, -0.2) is 0 Å². The highest BCUT2D eigenvalue weighted by molar-refractivity contribution is 5.69. The van der Waals surface area contributed by atoms with E-state index < -0.39 is 0 Å². The molecular formula is C13H22O3. The van der Waals surface area contributed by atoms with E-state index in [9.17, 15) is 4.79 Å². The van der Waals surface area contributed by atoms with Gasteiger partial charge < -0.3 is 9.47 Å². The highest BCUT2D eigenvalue weighted by Gasteiger charge is 2.47. The zero-order chi connectivity index (χ0) is 11.5. The van der Waals surface area contributed by atoms with Crippen molar-refractivity contribution in [3.8, 4) is 0 Å². The Morgan fingerprint density at radius 2 is 2.25 bits per heavy atom. The van der Waals surface area contributed by atoms with Gasteiger partial charge in [-0.1, -0.05) is 19.8 Å². The van der Waals surface area contributed by atoms with Crippen molar-refractivity contribution >= 4 is 5.97 Å². The van der Waals surface area contributed by atoms with E-state index >= 15 is 0 Å². The smallest absolute Gasteiger partial charge is 0.305 e. The van der Waals surface area contributed by atoms with E-state index in [0.717, 1.165) is 19.3 Å². The summed E-state index contributed by atoms with van der Waals surface area (Å²) in [6, 6.07) is 0. The van der Waals surface area contributed by atoms with Crippen molar-refractivity contribution < 1.29 is 14.3 Å².